The molecular formula is C12H17N. The fourth-order valence-corrected chi connectivity index (χ4v) is 1.93. The summed E-state index contributed by atoms with van der Waals surface area (Å²) in [4.78, 5) is 2.55. The van der Waals surface area contributed by atoms with Crippen LogP contribution in [0.5, 0.6) is 0 Å². The minimum atomic E-state index is 0.715. The molecule has 1 nitrogen and oxygen atoms in total. The molecule has 0 fully saturated rings. The number of nitrogens with zero attached hydrogens (tertiary/aromatic N) is 1. The maximum atomic E-state index is 2.55. The molecule has 2 rings (SSSR count). The maximum Gasteiger partial charge on any atom is 0.0243 e. The van der Waals surface area contributed by atoms with Crippen LogP contribution in [0, 0.1) is 0 Å². The summed E-state index contributed by atoms with van der Waals surface area (Å²) in [5.41, 5.74) is 3.03. The Balaban J connectivity index is 2.14. The van der Waals surface area contributed by atoms with Gasteiger partial charge in [0.2, 0.25) is 0 Å². The second-order valence-electron chi connectivity index (χ2n) is 3.93. The van der Waals surface area contributed by atoms with Gasteiger partial charge in [-0.3, -0.25) is 4.90 Å². The van der Waals surface area contributed by atoms with Crippen molar-refractivity contribution in [1.82, 2.24) is 4.90 Å². The first-order valence-electron chi connectivity index (χ1n) is 5.12. The standard InChI is InChI=1S/C12H17N/c1-3-10(2)13-8-11-6-4-5-7-12(11)9-13/h4-7,10H,3,8-9H2,1-2H3. The highest BCUT2D eigenvalue weighted by molar-refractivity contribution is 5.30. The van der Waals surface area contributed by atoms with E-state index in [4.69, 9.17) is 0 Å². The Morgan fingerprint density at radius 3 is 2.23 bits per heavy atom. The summed E-state index contributed by atoms with van der Waals surface area (Å²) in [6.07, 6.45) is 1.24. The molecule has 1 heteroatoms. The van der Waals surface area contributed by atoms with E-state index < -0.39 is 0 Å². The Labute approximate surface area is 80.4 Å². The van der Waals surface area contributed by atoms with Gasteiger partial charge in [0.05, 0.1) is 0 Å². The summed E-state index contributed by atoms with van der Waals surface area (Å²) < 4.78 is 0. The average Bonchev–Trinajstić information content (AvgIpc) is 2.59. The van der Waals surface area contributed by atoms with Crippen LogP contribution in [0.4, 0.5) is 0 Å². The molecule has 0 aromatic heterocycles. The number of fused-ring (bicyclic) bond motifs is 1. The van der Waals surface area contributed by atoms with Gasteiger partial charge in [0.25, 0.3) is 0 Å². The summed E-state index contributed by atoms with van der Waals surface area (Å²) in [6.45, 7) is 6.86. The summed E-state index contributed by atoms with van der Waals surface area (Å²) in [7, 11) is 0. The summed E-state index contributed by atoms with van der Waals surface area (Å²) >= 11 is 0. The molecule has 0 saturated heterocycles. The van der Waals surface area contributed by atoms with Crippen molar-refractivity contribution >= 4 is 0 Å². The van der Waals surface area contributed by atoms with E-state index in [0.717, 1.165) is 13.1 Å². The number of benzene rings is 1. The molecule has 13 heavy (non-hydrogen) atoms. The van der Waals surface area contributed by atoms with Gasteiger partial charge in [-0.05, 0) is 24.5 Å². The Bertz CT molecular complexity index is 268. The number of hydrogen-bond donors (Lipinski definition) is 0. The molecule has 0 saturated carbocycles. The van der Waals surface area contributed by atoms with Crippen LogP contribution in [0.3, 0.4) is 0 Å². The minimum Gasteiger partial charge on any atom is -0.292 e. The lowest BCUT2D eigenvalue weighted by Crippen LogP contribution is -2.26. The molecule has 1 aliphatic rings. The molecule has 70 valence electrons. The van der Waals surface area contributed by atoms with E-state index in [1.165, 1.54) is 17.5 Å². The number of rotatable bonds is 2. The van der Waals surface area contributed by atoms with Gasteiger partial charge >= 0.3 is 0 Å². The van der Waals surface area contributed by atoms with Crippen molar-refractivity contribution in [2.45, 2.75) is 39.4 Å². The van der Waals surface area contributed by atoms with Gasteiger partial charge in [0.15, 0.2) is 0 Å². The second kappa shape index (κ2) is 3.51. The molecule has 0 radical (unpaired) electrons. The van der Waals surface area contributed by atoms with Gasteiger partial charge in [0.1, 0.15) is 0 Å². The fourth-order valence-electron chi connectivity index (χ4n) is 1.93. The first-order valence-corrected chi connectivity index (χ1v) is 5.12. The SMILES string of the molecule is CCC(C)N1Cc2ccccc2C1. The highest BCUT2D eigenvalue weighted by atomic mass is 15.2. The molecule has 1 aromatic carbocycles. The van der Waals surface area contributed by atoms with Gasteiger partial charge < -0.3 is 0 Å². The third kappa shape index (κ3) is 1.61. The first kappa shape index (κ1) is 8.76. The summed E-state index contributed by atoms with van der Waals surface area (Å²) in [5, 5.41) is 0. The molecule has 1 unspecified atom stereocenters. The maximum absolute atomic E-state index is 2.55. The Morgan fingerprint density at radius 1 is 1.23 bits per heavy atom. The van der Waals surface area contributed by atoms with Gasteiger partial charge in [-0.1, -0.05) is 31.2 Å². The zero-order valence-electron chi connectivity index (χ0n) is 8.46. The molecule has 1 heterocycles. The highest BCUT2D eigenvalue weighted by Crippen LogP contribution is 2.24. The third-order valence-electron chi connectivity index (χ3n) is 3.08. The zero-order valence-corrected chi connectivity index (χ0v) is 8.46. The summed E-state index contributed by atoms with van der Waals surface area (Å²) in [6, 6.07) is 9.49. The lowest BCUT2D eigenvalue weighted by molar-refractivity contribution is 0.208. The highest BCUT2D eigenvalue weighted by Gasteiger charge is 2.21. The molecule has 0 aliphatic carbocycles. The fraction of sp³-hybridized carbons (Fsp3) is 0.500. The monoisotopic (exact) mass is 175 g/mol. The Hall–Kier alpha value is -0.820. The zero-order chi connectivity index (χ0) is 9.26. The van der Waals surface area contributed by atoms with E-state index in [1.54, 1.807) is 0 Å². The molecule has 1 aromatic rings. The molecule has 0 N–H and O–H groups in total. The van der Waals surface area contributed by atoms with Crippen molar-refractivity contribution < 1.29 is 0 Å². The Kier molecular flexibility index (Phi) is 2.36. The van der Waals surface area contributed by atoms with Crippen LogP contribution in [-0.2, 0) is 13.1 Å². The van der Waals surface area contributed by atoms with Crippen LogP contribution in [-0.4, -0.2) is 10.9 Å². The molecular weight excluding hydrogens is 158 g/mol. The van der Waals surface area contributed by atoms with Crippen LogP contribution in [0.15, 0.2) is 24.3 Å². The molecule has 1 aliphatic heterocycles. The topological polar surface area (TPSA) is 3.24 Å². The van der Waals surface area contributed by atoms with Crippen molar-refractivity contribution in [3.8, 4) is 0 Å². The van der Waals surface area contributed by atoms with Crippen molar-refractivity contribution in [2.75, 3.05) is 0 Å². The van der Waals surface area contributed by atoms with Crippen molar-refractivity contribution in [3.63, 3.8) is 0 Å². The van der Waals surface area contributed by atoms with Crippen LogP contribution < -0.4 is 0 Å². The van der Waals surface area contributed by atoms with Crippen molar-refractivity contribution in [1.29, 1.82) is 0 Å². The van der Waals surface area contributed by atoms with E-state index in [2.05, 4.69) is 43.0 Å². The molecule has 0 amide bonds. The van der Waals surface area contributed by atoms with Gasteiger partial charge in [0, 0.05) is 19.1 Å². The summed E-state index contributed by atoms with van der Waals surface area (Å²) in [5.74, 6) is 0. The van der Waals surface area contributed by atoms with E-state index in [0.29, 0.717) is 6.04 Å². The predicted molar refractivity (Wildman–Crippen MR) is 55.4 cm³/mol. The van der Waals surface area contributed by atoms with Crippen LogP contribution in [0.1, 0.15) is 31.4 Å². The van der Waals surface area contributed by atoms with E-state index in [9.17, 15) is 0 Å². The van der Waals surface area contributed by atoms with Crippen molar-refractivity contribution in [2.24, 2.45) is 0 Å². The van der Waals surface area contributed by atoms with Crippen LogP contribution in [0.25, 0.3) is 0 Å². The third-order valence-corrected chi connectivity index (χ3v) is 3.08. The predicted octanol–water partition coefficient (Wildman–Crippen LogP) is 2.80. The minimum absolute atomic E-state index is 0.715. The van der Waals surface area contributed by atoms with E-state index >= 15 is 0 Å². The normalized spacial score (nSPS) is 18.6. The molecule has 0 bridgehead atoms. The van der Waals surface area contributed by atoms with E-state index in [-0.39, 0.29) is 0 Å². The van der Waals surface area contributed by atoms with Gasteiger partial charge in [-0.15, -0.1) is 0 Å². The largest absolute Gasteiger partial charge is 0.292 e. The van der Waals surface area contributed by atoms with Gasteiger partial charge in [-0.2, -0.15) is 0 Å². The number of hydrogen-bond acceptors (Lipinski definition) is 1. The lowest BCUT2D eigenvalue weighted by Gasteiger charge is -2.21. The smallest absolute Gasteiger partial charge is 0.0243 e. The van der Waals surface area contributed by atoms with Crippen LogP contribution >= 0.6 is 0 Å². The average molecular weight is 175 g/mol. The van der Waals surface area contributed by atoms with Gasteiger partial charge in [-0.25, -0.2) is 0 Å². The van der Waals surface area contributed by atoms with Crippen LogP contribution in [0.2, 0.25) is 0 Å². The molecule has 0 spiro atoms. The lowest BCUT2D eigenvalue weighted by atomic mass is 10.1. The quantitative estimate of drug-likeness (QED) is 0.668. The first-order chi connectivity index (χ1) is 6.31. The van der Waals surface area contributed by atoms with E-state index in [1.807, 2.05) is 0 Å². The Morgan fingerprint density at radius 2 is 1.77 bits per heavy atom. The van der Waals surface area contributed by atoms with Crippen molar-refractivity contribution in [3.05, 3.63) is 35.4 Å². The molecule has 1 atom stereocenters. The second-order valence-corrected chi connectivity index (χ2v) is 3.93.